The molecule has 2 N–H and O–H groups in total. The summed E-state index contributed by atoms with van der Waals surface area (Å²) in [5.41, 5.74) is 1.46. The van der Waals surface area contributed by atoms with Crippen LogP contribution in [0, 0.1) is 18.8 Å². The van der Waals surface area contributed by atoms with Gasteiger partial charge in [-0.1, -0.05) is 30.5 Å². The Kier molecular flexibility index (Phi) is 4.51. The minimum atomic E-state index is -1.14. The molecule has 1 aromatic rings. The largest absolute Gasteiger partial charge is 0.324 e. The van der Waals surface area contributed by atoms with E-state index in [1.54, 1.807) is 11.8 Å². The lowest BCUT2D eigenvalue weighted by molar-refractivity contribution is -0.145. The molecule has 7 heteroatoms. The number of rotatable bonds is 4. The van der Waals surface area contributed by atoms with Crippen LogP contribution < -0.4 is 10.6 Å². The van der Waals surface area contributed by atoms with E-state index in [1.807, 2.05) is 31.4 Å². The van der Waals surface area contributed by atoms with Crippen molar-refractivity contribution in [3.8, 4) is 0 Å². The van der Waals surface area contributed by atoms with Crippen molar-refractivity contribution in [3.63, 3.8) is 0 Å². The van der Waals surface area contributed by atoms with Crippen molar-refractivity contribution < 1.29 is 14.4 Å². The van der Waals surface area contributed by atoms with Crippen molar-refractivity contribution in [2.45, 2.75) is 56.7 Å². The molecule has 154 valence electrons. The van der Waals surface area contributed by atoms with Gasteiger partial charge in [-0.15, -0.1) is 0 Å². The first kappa shape index (κ1) is 19.1. The molecular weight excluding hydrogens is 386 g/mol. The van der Waals surface area contributed by atoms with E-state index in [1.165, 1.54) is 4.90 Å². The minimum absolute atomic E-state index is 0.000273. The average Bonchev–Trinajstić information content (AvgIpc) is 3.43. The van der Waals surface area contributed by atoms with Crippen LogP contribution in [0.15, 0.2) is 18.2 Å². The van der Waals surface area contributed by atoms with Gasteiger partial charge in [0, 0.05) is 23.3 Å². The first-order valence-electron chi connectivity index (χ1n) is 10.5. The van der Waals surface area contributed by atoms with Gasteiger partial charge < -0.3 is 5.32 Å². The molecule has 0 unspecified atom stereocenters. The van der Waals surface area contributed by atoms with Crippen molar-refractivity contribution >= 4 is 35.2 Å². The highest BCUT2D eigenvalue weighted by Crippen LogP contribution is 2.54. The molecule has 3 amide bonds. The molecule has 0 bridgehead atoms. The van der Waals surface area contributed by atoms with E-state index in [0.29, 0.717) is 0 Å². The average molecular weight is 414 g/mol. The van der Waals surface area contributed by atoms with Crippen molar-refractivity contribution in [2.24, 2.45) is 11.8 Å². The lowest BCUT2D eigenvalue weighted by Crippen LogP contribution is -2.54. The van der Waals surface area contributed by atoms with Crippen LogP contribution in [0.25, 0.3) is 0 Å². The molecular formula is C22H27N3O3S. The number of nitrogens with zero attached hydrogens (tertiary/aromatic N) is 1. The van der Waals surface area contributed by atoms with Crippen LogP contribution in [0.1, 0.15) is 43.2 Å². The standard InChI is InChI=1S/C22H27N3O3S/c1-12-7-8-15-14(11-12)22(21(28)23-15)18-17(16(24-22)9-10-29-2)19(26)25(20(18)27)13-5-3-4-6-13/h7-8,11,13,16-18,24H,3-6,9-10H2,1-2H3,(H,23,28)/t16-,17-,18-,22+/m1/s1. The van der Waals surface area contributed by atoms with E-state index < -0.39 is 17.4 Å². The lowest BCUT2D eigenvalue weighted by Gasteiger charge is -2.31. The fraction of sp³-hybridized carbons (Fsp3) is 0.591. The fourth-order valence-corrected chi connectivity index (χ4v) is 6.44. The number of carbonyl (C=O) groups is 3. The first-order chi connectivity index (χ1) is 14.0. The molecule has 2 saturated heterocycles. The van der Waals surface area contributed by atoms with E-state index in [4.69, 9.17) is 0 Å². The molecule has 5 rings (SSSR count). The molecule has 29 heavy (non-hydrogen) atoms. The first-order valence-corrected chi connectivity index (χ1v) is 11.9. The Hall–Kier alpha value is -1.86. The van der Waals surface area contributed by atoms with Gasteiger partial charge in [-0.2, -0.15) is 11.8 Å². The molecule has 4 aliphatic rings. The summed E-state index contributed by atoms with van der Waals surface area (Å²) >= 11 is 1.72. The van der Waals surface area contributed by atoms with Crippen LogP contribution in [0.3, 0.4) is 0 Å². The smallest absolute Gasteiger partial charge is 0.250 e. The zero-order valence-corrected chi connectivity index (χ0v) is 17.7. The van der Waals surface area contributed by atoms with Gasteiger partial charge in [-0.25, -0.2) is 0 Å². The number of imide groups is 1. The summed E-state index contributed by atoms with van der Waals surface area (Å²) in [5, 5.41) is 6.49. The highest BCUT2D eigenvalue weighted by molar-refractivity contribution is 7.98. The van der Waals surface area contributed by atoms with Gasteiger partial charge >= 0.3 is 0 Å². The van der Waals surface area contributed by atoms with E-state index >= 15 is 0 Å². The molecule has 3 aliphatic heterocycles. The Morgan fingerprint density at radius 3 is 2.66 bits per heavy atom. The second kappa shape index (κ2) is 6.84. The Morgan fingerprint density at radius 2 is 1.93 bits per heavy atom. The lowest BCUT2D eigenvalue weighted by atomic mass is 9.76. The summed E-state index contributed by atoms with van der Waals surface area (Å²) in [7, 11) is 0. The van der Waals surface area contributed by atoms with Crippen molar-refractivity contribution in [3.05, 3.63) is 29.3 Å². The summed E-state index contributed by atoms with van der Waals surface area (Å²) in [4.78, 5) is 42.1. The van der Waals surface area contributed by atoms with Gasteiger partial charge in [-0.05, 0) is 44.3 Å². The molecule has 1 spiro atoms. The van der Waals surface area contributed by atoms with Crippen molar-refractivity contribution in [1.82, 2.24) is 10.2 Å². The molecule has 0 aromatic heterocycles. The van der Waals surface area contributed by atoms with Crippen LogP contribution in [0.4, 0.5) is 5.69 Å². The second-order valence-electron chi connectivity index (χ2n) is 8.83. The maximum Gasteiger partial charge on any atom is 0.250 e. The van der Waals surface area contributed by atoms with Gasteiger partial charge in [0.2, 0.25) is 17.7 Å². The zero-order chi connectivity index (χ0) is 20.3. The Bertz CT molecular complexity index is 897. The number of anilines is 1. The Labute approximate surface area is 175 Å². The summed E-state index contributed by atoms with van der Waals surface area (Å²) in [6, 6.07) is 5.68. The molecule has 4 atom stereocenters. The normalized spacial score (nSPS) is 33.7. The van der Waals surface area contributed by atoms with Gasteiger partial charge in [0.05, 0.1) is 11.8 Å². The van der Waals surface area contributed by atoms with E-state index in [2.05, 4.69) is 10.6 Å². The number of hydrogen-bond donors (Lipinski definition) is 2. The van der Waals surface area contributed by atoms with Crippen LogP contribution in [-0.2, 0) is 19.9 Å². The number of aryl methyl sites for hydroxylation is 1. The Morgan fingerprint density at radius 1 is 1.17 bits per heavy atom. The van der Waals surface area contributed by atoms with Crippen molar-refractivity contribution in [2.75, 3.05) is 17.3 Å². The SMILES string of the molecule is CSCC[C@H]1N[C@]2(C(=O)Nc3ccc(C)cc32)[C@H]2C(=O)N(C3CCCC3)C(=O)[C@H]12. The number of amides is 3. The summed E-state index contributed by atoms with van der Waals surface area (Å²) in [6.07, 6.45) is 6.67. The van der Waals surface area contributed by atoms with E-state index in [9.17, 15) is 14.4 Å². The number of nitrogens with one attached hydrogen (secondary N) is 2. The molecule has 1 saturated carbocycles. The van der Waals surface area contributed by atoms with E-state index in [-0.39, 0.29) is 29.8 Å². The molecule has 1 aliphatic carbocycles. The number of fused-ring (bicyclic) bond motifs is 4. The molecule has 3 heterocycles. The van der Waals surface area contributed by atoms with Gasteiger partial charge in [0.25, 0.3) is 0 Å². The van der Waals surface area contributed by atoms with Crippen LogP contribution >= 0.6 is 11.8 Å². The second-order valence-corrected chi connectivity index (χ2v) is 9.82. The zero-order valence-electron chi connectivity index (χ0n) is 16.9. The van der Waals surface area contributed by atoms with E-state index in [0.717, 1.165) is 54.7 Å². The number of hydrogen-bond acceptors (Lipinski definition) is 5. The predicted octanol–water partition coefficient (Wildman–Crippen LogP) is 2.41. The summed E-state index contributed by atoms with van der Waals surface area (Å²) in [5.74, 6) is -0.677. The van der Waals surface area contributed by atoms with Crippen molar-refractivity contribution in [1.29, 1.82) is 0 Å². The van der Waals surface area contributed by atoms with Gasteiger partial charge in [-0.3, -0.25) is 24.6 Å². The third-order valence-corrected chi connectivity index (χ3v) is 7.87. The quantitative estimate of drug-likeness (QED) is 0.741. The summed E-state index contributed by atoms with van der Waals surface area (Å²) in [6.45, 7) is 1.99. The number of carbonyl (C=O) groups excluding carboxylic acids is 3. The fourth-order valence-electron chi connectivity index (χ4n) is 5.95. The van der Waals surface area contributed by atoms with Gasteiger partial charge in [0.15, 0.2) is 0 Å². The molecule has 6 nitrogen and oxygen atoms in total. The number of benzene rings is 1. The number of likely N-dealkylation sites (tertiary alicyclic amines) is 1. The molecule has 1 aromatic carbocycles. The molecule has 0 radical (unpaired) electrons. The monoisotopic (exact) mass is 413 g/mol. The van der Waals surface area contributed by atoms with Crippen LogP contribution in [0.2, 0.25) is 0 Å². The highest BCUT2D eigenvalue weighted by atomic mass is 32.2. The molecule has 3 fully saturated rings. The van der Waals surface area contributed by atoms with Crippen LogP contribution in [0.5, 0.6) is 0 Å². The highest BCUT2D eigenvalue weighted by Gasteiger charge is 2.70. The Balaban J connectivity index is 1.63. The number of thioether (sulfide) groups is 1. The third-order valence-electron chi connectivity index (χ3n) is 7.23. The van der Waals surface area contributed by atoms with Gasteiger partial charge in [0.1, 0.15) is 5.54 Å². The topological polar surface area (TPSA) is 78.5 Å². The third kappa shape index (κ3) is 2.56. The van der Waals surface area contributed by atoms with Crippen LogP contribution in [-0.4, -0.2) is 46.7 Å². The summed E-state index contributed by atoms with van der Waals surface area (Å²) < 4.78 is 0. The predicted molar refractivity (Wildman–Crippen MR) is 112 cm³/mol. The maximum absolute atomic E-state index is 13.7. The maximum atomic E-state index is 13.7. The minimum Gasteiger partial charge on any atom is -0.324 e.